The van der Waals surface area contributed by atoms with Gasteiger partial charge < -0.3 is 20.2 Å². The number of nitrogens with one attached hydrogen (secondary N) is 1. The number of primary amides is 1. The minimum absolute atomic E-state index is 0.0874. The summed E-state index contributed by atoms with van der Waals surface area (Å²) in [4.78, 5) is 24.7. The second-order valence-electron chi connectivity index (χ2n) is 6.57. The Labute approximate surface area is 166 Å². The van der Waals surface area contributed by atoms with E-state index in [1.54, 1.807) is 36.4 Å². The predicted molar refractivity (Wildman–Crippen MR) is 110 cm³/mol. The summed E-state index contributed by atoms with van der Waals surface area (Å²) in [6, 6.07) is 21.5. The molecule has 144 valence electrons. The third kappa shape index (κ3) is 3.82. The number of rotatable bonds is 5. The molecule has 0 unspecified atom stereocenters. The van der Waals surface area contributed by atoms with Crippen LogP contribution in [-0.2, 0) is 0 Å². The Bertz CT molecular complexity index is 1210. The number of hydrogen-bond acceptors (Lipinski definition) is 4. The molecule has 29 heavy (non-hydrogen) atoms. The third-order valence-corrected chi connectivity index (χ3v) is 4.38. The molecule has 0 saturated carbocycles. The number of amides is 2. The Hall–Kier alpha value is -4.06. The van der Waals surface area contributed by atoms with E-state index in [-0.39, 0.29) is 11.4 Å². The lowest BCUT2D eigenvalue weighted by molar-refractivity contribution is 0.0977. The number of para-hydroxylation sites is 1. The first-order valence-electron chi connectivity index (χ1n) is 8.98. The number of nitrogens with two attached hydrogens (primary N) is 1. The minimum atomic E-state index is -0.754. The van der Waals surface area contributed by atoms with Crippen molar-refractivity contribution in [2.75, 3.05) is 5.32 Å². The normalized spacial score (nSPS) is 10.7. The van der Waals surface area contributed by atoms with Crippen molar-refractivity contribution in [3.63, 3.8) is 0 Å². The molecule has 3 N–H and O–H groups in total. The molecule has 0 aliphatic carbocycles. The fourth-order valence-electron chi connectivity index (χ4n) is 3.01. The molecule has 6 nitrogen and oxygen atoms in total. The lowest BCUT2D eigenvalue weighted by Crippen LogP contribution is -2.17. The Morgan fingerprint density at radius 2 is 1.69 bits per heavy atom. The number of aryl methyl sites for hydroxylation is 1. The van der Waals surface area contributed by atoms with Crippen LogP contribution in [0, 0.1) is 6.92 Å². The maximum absolute atomic E-state index is 12.8. The van der Waals surface area contributed by atoms with Crippen molar-refractivity contribution in [3.05, 3.63) is 89.7 Å². The molecule has 2 amide bonds. The van der Waals surface area contributed by atoms with Crippen molar-refractivity contribution in [2.24, 2.45) is 5.73 Å². The number of furan rings is 1. The molecule has 4 rings (SSSR count). The largest absolute Gasteiger partial charge is 0.457 e. The smallest absolute Gasteiger partial charge is 0.286 e. The number of ether oxygens (including phenoxy) is 1. The summed E-state index contributed by atoms with van der Waals surface area (Å²) in [5.41, 5.74) is 7.51. The van der Waals surface area contributed by atoms with Gasteiger partial charge >= 0.3 is 0 Å². The van der Waals surface area contributed by atoms with Gasteiger partial charge in [-0.2, -0.15) is 0 Å². The molecular weight excluding hydrogens is 368 g/mol. The van der Waals surface area contributed by atoms with Crippen molar-refractivity contribution in [1.29, 1.82) is 0 Å². The molecule has 0 aliphatic heterocycles. The molecule has 0 radical (unpaired) electrons. The van der Waals surface area contributed by atoms with Gasteiger partial charge in [0.1, 0.15) is 22.8 Å². The van der Waals surface area contributed by atoms with E-state index >= 15 is 0 Å². The quantitative estimate of drug-likeness (QED) is 0.511. The monoisotopic (exact) mass is 386 g/mol. The van der Waals surface area contributed by atoms with Crippen molar-refractivity contribution in [1.82, 2.24) is 0 Å². The van der Waals surface area contributed by atoms with Crippen LogP contribution in [0.15, 0.2) is 77.2 Å². The second kappa shape index (κ2) is 7.52. The Morgan fingerprint density at radius 3 is 2.45 bits per heavy atom. The van der Waals surface area contributed by atoms with Gasteiger partial charge in [-0.3, -0.25) is 9.59 Å². The highest BCUT2D eigenvalue weighted by atomic mass is 16.5. The maximum Gasteiger partial charge on any atom is 0.286 e. The van der Waals surface area contributed by atoms with Crippen LogP contribution in [0.5, 0.6) is 11.5 Å². The SMILES string of the molecule is Cc1ccc2c(NC(=O)c3cccc(Oc4ccccc4)c3)c(C(N)=O)oc2c1. The van der Waals surface area contributed by atoms with Gasteiger partial charge in [0.15, 0.2) is 0 Å². The zero-order valence-corrected chi connectivity index (χ0v) is 15.6. The van der Waals surface area contributed by atoms with Gasteiger partial charge in [-0.15, -0.1) is 0 Å². The number of fused-ring (bicyclic) bond motifs is 1. The van der Waals surface area contributed by atoms with Crippen LogP contribution in [0.1, 0.15) is 26.5 Å². The molecule has 0 bridgehead atoms. The van der Waals surface area contributed by atoms with Gasteiger partial charge in [-0.25, -0.2) is 0 Å². The summed E-state index contributed by atoms with van der Waals surface area (Å²) in [6.45, 7) is 1.91. The topological polar surface area (TPSA) is 94.6 Å². The zero-order chi connectivity index (χ0) is 20.4. The first kappa shape index (κ1) is 18.3. The van der Waals surface area contributed by atoms with Crippen molar-refractivity contribution >= 4 is 28.5 Å². The number of carbonyl (C=O) groups is 2. The Balaban J connectivity index is 1.64. The van der Waals surface area contributed by atoms with E-state index in [0.717, 1.165) is 5.56 Å². The van der Waals surface area contributed by atoms with E-state index in [1.807, 2.05) is 43.3 Å². The van der Waals surface area contributed by atoms with Crippen LogP contribution in [0.3, 0.4) is 0 Å². The molecule has 0 atom stereocenters. The zero-order valence-electron chi connectivity index (χ0n) is 15.6. The maximum atomic E-state index is 12.8. The van der Waals surface area contributed by atoms with Crippen molar-refractivity contribution < 1.29 is 18.7 Å². The molecule has 4 aromatic rings. The fourth-order valence-corrected chi connectivity index (χ4v) is 3.01. The molecular formula is C23H18N2O4. The summed E-state index contributed by atoms with van der Waals surface area (Å²) in [6.07, 6.45) is 0. The van der Waals surface area contributed by atoms with Crippen LogP contribution < -0.4 is 15.8 Å². The summed E-state index contributed by atoms with van der Waals surface area (Å²) in [7, 11) is 0. The van der Waals surface area contributed by atoms with Gasteiger partial charge in [-0.1, -0.05) is 30.3 Å². The van der Waals surface area contributed by atoms with Gasteiger partial charge in [0.05, 0.1) is 0 Å². The van der Waals surface area contributed by atoms with E-state index in [0.29, 0.717) is 28.0 Å². The van der Waals surface area contributed by atoms with Crippen LogP contribution in [0.4, 0.5) is 5.69 Å². The average Bonchev–Trinajstić information content (AvgIpc) is 3.06. The highest BCUT2D eigenvalue weighted by Gasteiger charge is 2.21. The molecule has 1 aromatic heterocycles. The van der Waals surface area contributed by atoms with Gasteiger partial charge in [0, 0.05) is 10.9 Å². The van der Waals surface area contributed by atoms with Gasteiger partial charge in [-0.05, 0) is 55.0 Å². The number of hydrogen-bond donors (Lipinski definition) is 2. The molecule has 6 heteroatoms. The second-order valence-corrected chi connectivity index (χ2v) is 6.57. The Morgan fingerprint density at radius 1 is 0.931 bits per heavy atom. The van der Waals surface area contributed by atoms with E-state index in [4.69, 9.17) is 14.9 Å². The minimum Gasteiger partial charge on any atom is -0.457 e. The fraction of sp³-hybridized carbons (Fsp3) is 0.0435. The standard InChI is InChI=1S/C23H18N2O4/c1-14-10-11-18-19(12-14)29-21(22(24)26)20(18)25-23(27)15-6-5-9-17(13-15)28-16-7-3-2-4-8-16/h2-13H,1H3,(H2,24,26)(H,25,27). The summed E-state index contributed by atoms with van der Waals surface area (Å²) in [5, 5.41) is 3.36. The summed E-state index contributed by atoms with van der Waals surface area (Å²) >= 11 is 0. The molecule has 0 spiro atoms. The van der Waals surface area contributed by atoms with Crippen molar-refractivity contribution in [3.8, 4) is 11.5 Å². The Kier molecular flexibility index (Phi) is 4.75. The molecule has 1 heterocycles. The van der Waals surface area contributed by atoms with Crippen LogP contribution in [-0.4, -0.2) is 11.8 Å². The van der Waals surface area contributed by atoms with Crippen LogP contribution >= 0.6 is 0 Å². The first-order chi connectivity index (χ1) is 14.0. The predicted octanol–water partition coefficient (Wildman–Crippen LogP) is 4.88. The first-order valence-corrected chi connectivity index (χ1v) is 8.98. The summed E-state index contributed by atoms with van der Waals surface area (Å²) in [5.74, 6) is -0.0656. The van der Waals surface area contributed by atoms with Gasteiger partial charge in [0.2, 0.25) is 5.76 Å². The molecule has 0 saturated heterocycles. The third-order valence-electron chi connectivity index (χ3n) is 4.38. The number of benzene rings is 3. The molecule has 3 aromatic carbocycles. The molecule has 0 aliphatic rings. The van der Waals surface area contributed by atoms with Crippen LogP contribution in [0.25, 0.3) is 11.0 Å². The lowest BCUT2D eigenvalue weighted by Gasteiger charge is -2.08. The summed E-state index contributed by atoms with van der Waals surface area (Å²) < 4.78 is 11.3. The van der Waals surface area contributed by atoms with E-state index < -0.39 is 11.8 Å². The van der Waals surface area contributed by atoms with E-state index in [2.05, 4.69) is 5.32 Å². The highest BCUT2D eigenvalue weighted by molar-refractivity contribution is 6.14. The number of carbonyl (C=O) groups excluding carboxylic acids is 2. The van der Waals surface area contributed by atoms with E-state index in [1.165, 1.54) is 0 Å². The number of anilines is 1. The van der Waals surface area contributed by atoms with Crippen molar-refractivity contribution in [2.45, 2.75) is 6.92 Å². The lowest BCUT2D eigenvalue weighted by atomic mass is 10.1. The van der Waals surface area contributed by atoms with E-state index in [9.17, 15) is 9.59 Å². The van der Waals surface area contributed by atoms with Gasteiger partial charge in [0.25, 0.3) is 11.8 Å². The highest BCUT2D eigenvalue weighted by Crippen LogP contribution is 2.32. The average molecular weight is 386 g/mol. The molecule has 0 fully saturated rings. The van der Waals surface area contributed by atoms with Crippen LogP contribution in [0.2, 0.25) is 0 Å².